The number of benzene rings is 1. The van der Waals surface area contributed by atoms with E-state index in [4.69, 9.17) is 4.74 Å². The summed E-state index contributed by atoms with van der Waals surface area (Å²) in [6.07, 6.45) is 0. The van der Waals surface area contributed by atoms with Crippen molar-refractivity contribution in [3.63, 3.8) is 0 Å². The predicted octanol–water partition coefficient (Wildman–Crippen LogP) is 1.95. The van der Waals surface area contributed by atoms with E-state index in [-0.39, 0.29) is 12.4 Å². The van der Waals surface area contributed by atoms with Crippen molar-refractivity contribution in [3.8, 4) is 5.75 Å². The van der Waals surface area contributed by atoms with Crippen LogP contribution >= 0.6 is 12.4 Å². The van der Waals surface area contributed by atoms with Gasteiger partial charge in [0, 0.05) is 25.2 Å². The zero-order chi connectivity index (χ0) is 10.7. The SMILES string of the molecule is Cc1ccc(O)c(CN2CCOCC2)c1.Cl. The standard InChI is InChI=1S/C12H17NO2.ClH/c1-10-2-3-12(14)11(8-10)9-13-4-6-15-7-5-13;/h2-3,8,14H,4-7,9H2,1H3;1H. The first-order valence-electron chi connectivity index (χ1n) is 5.34. The van der Waals surface area contributed by atoms with E-state index >= 15 is 0 Å². The molecule has 2 rings (SSSR count). The van der Waals surface area contributed by atoms with Crippen molar-refractivity contribution in [2.45, 2.75) is 13.5 Å². The van der Waals surface area contributed by atoms with E-state index in [2.05, 4.69) is 4.90 Å². The maximum Gasteiger partial charge on any atom is 0.120 e. The summed E-state index contributed by atoms with van der Waals surface area (Å²) in [7, 11) is 0. The summed E-state index contributed by atoms with van der Waals surface area (Å²) in [5, 5.41) is 9.71. The Kier molecular flexibility index (Phi) is 5.06. The molecule has 16 heavy (non-hydrogen) atoms. The van der Waals surface area contributed by atoms with Crippen LogP contribution in [0.25, 0.3) is 0 Å². The first-order chi connectivity index (χ1) is 7.25. The summed E-state index contributed by atoms with van der Waals surface area (Å²) >= 11 is 0. The fourth-order valence-electron chi connectivity index (χ4n) is 1.84. The van der Waals surface area contributed by atoms with Gasteiger partial charge in [-0.05, 0) is 13.0 Å². The maximum absolute atomic E-state index is 9.71. The molecule has 1 N–H and O–H groups in total. The number of nitrogens with zero attached hydrogens (tertiary/aromatic N) is 1. The second-order valence-corrected chi connectivity index (χ2v) is 4.02. The van der Waals surface area contributed by atoms with E-state index in [1.807, 2.05) is 19.1 Å². The number of ether oxygens (including phenoxy) is 1. The summed E-state index contributed by atoms with van der Waals surface area (Å²) in [6, 6.07) is 5.74. The van der Waals surface area contributed by atoms with Gasteiger partial charge in [-0.25, -0.2) is 0 Å². The molecule has 4 heteroatoms. The molecule has 90 valence electrons. The largest absolute Gasteiger partial charge is 0.508 e. The second-order valence-electron chi connectivity index (χ2n) is 4.02. The van der Waals surface area contributed by atoms with Crippen molar-refractivity contribution < 1.29 is 9.84 Å². The van der Waals surface area contributed by atoms with Gasteiger partial charge in [0.1, 0.15) is 5.75 Å². The summed E-state index contributed by atoms with van der Waals surface area (Å²) in [4.78, 5) is 2.30. The van der Waals surface area contributed by atoms with Crippen LogP contribution in [0.2, 0.25) is 0 Å². The molecule has 0 saturated carbocycles. The van der Waals surface area contributed by atoms with Crippen LogP contribution in [0.1, 0.15) is 11.1 Å². The van der Waals surface area contributed by atoms with Crippen molar-refractivity contribution in [1.29, 1.82) is 0 Å². The zero-order valence-corrected chi connectivity index (χ0v) is 10.3. The highest BCUT2D eigenvalue weighted by Crippen LogP contribution is 2.20. The molecule has 1 aliphatic heterocycles. The number of hydrogen-bond acceptors (Lipinski definition) is 3. The highest BCUT2D eigenvalue weighted by molar-refractivity contribution is 5.85. The van der Waals surface area contributed by atoms with Gasteiger partial charge in [0.2, 0.25) is 0 Å². The number of morpholine rings is 1. The normalized spacial score (nSPS) is 16.8. The zero-order valence-electron chi connectivity index (χ0n) is 9.48. The minimum atomic E-state index is 0. The van der Waals surface area contributed by atoms with Gasteiger partial charge in [0.15, 0.2) is 0 Å². The molecule has 0 atom stereocenters. The third kappa shape index (κ3) is 3.37. The topological polar surface area (TPSA) is 32.7 Å². The summed E-state index contributed by atoms with van der Waals surface area (Å²) in [6.45, 7) is 6.36. The second kappa shape index (κ2) is 6.09. The molecule has 0 spiro atoms. The molecule has 1 fully saturated rings. The lowest BCUT2D eigenvalue weighted by molar-refractivity contribution is 0.0339. The Morgan fingerprint density at radius 2 is 2.00 bits per heavy atom. The smallest absolute Gasteiger partial charge is 0.120 e. The molecule has 0 aromatic heterocycles. The monoisotopic (exact) mass is 243 g/mol. The van der Waals surface area contributed by atoms with Crippen molar-refractivity contribution in [1.82, 2.24) is 4.90 Å². The lowest BCUT2D eigenvalue weighted by atomic mass is 10.1. The fraction of sp³-hybridized carbons (Fsp3) is 0.500. The Morgan fingerprint density at radius 1 is 1.31 bits per heavy atom. The molecule has 0 radical (unpaired) electrons. The van der Waals surface area contributed by atoms with E-state index in [9.17, 15) is 5.11 Å². The van der Waals surface area contributed by atoms with Crippen molar-refractivity contribution in [2.24, 2.45) is 0 Å². The number of rotatable bonds is 2. The minimum absolute atomic E-state index is 0. The quantitative estimate of drug-likeness (QED) is 0.862. The van der Waals surface area contributed by atoms with E-state index < -0.39 is 0 Å². The molecule has 1 aromatic carbocycles. The average molecular weight is 244 g/mol. The maximum atomic E-state index is 9.71. The van der Waals surface area contributed by atoms with Crippen LogP contribution in [0.3, 0.4) is 0 Å². The van der Waals surface area contributed by atoms with E-state index in [0.717, 1.165) is 38.4 Å². The molecule has 0 unspecified atom stereocenters. The highest BCUT2D eigenvalue weighted by atomic mass is 35.5. The van der Waals surface area contributed by atoms with Crippen LogP contribution < -0.4 is 0 Å². The van der Waals surface area contributed by atoms with E-state index in [1.165, 1.54) is 5.56 Å². The van der Waals surface area contributed by atoms with Gasteiger partial charge in [-0.15, -0.1) is 12.4 Å². The molecule has 1 heterocycles. The van der Waals surface area contributed by atoms with Crippen LogP contribution in [0.15, 0.2) is 18.2 Å². The molecule has 0 aliphatic carbocycles. The number of aryl methyl sites for hydroxylation is 1. The first kappa shape index (κ1) is 13.3. The summed E-state index contributed by atoms with van der Waals surface area (Å²) < 4.78 is 5.29. The van der Waals surface area contributed by atoms with Crippen molar-refractivity contribution >= 4 is 12.4 Å². The van der Waals surface area contributed by atoms with Crippen LogP contribution in [0.5, 0.6) is 5.75 Å². The van der Waals surface area contributed by atoms with Crippen molar-refractivity contribution in [3.05, 3.63) is 29.3 Å². The van der Waals surface area contributed by atoms with Gasteiger partial charge in [0.05, 0.1) is 13.2 Å². The summed E-state index contributed by atoms with van der Waals surface area (Å²) in [5.41, 5.74) is 2.20. The predicted molar refractivity (Wildman–Crippen MR) is 66.2 cm³/mol. The number of phenolic OH excluding ortho intramolecular Hbond substituents is 1. The Balaban J connectivity index is 0.00000128. The Bertz CT molecular complexity index is 338. The number of aromatic hydroxyl groups is 1. The average Bonchev–Trinajstić information content (AvgIpc) is 2.25. The molecule has 0 bridgehead atoms. The first-order valence-corrected chi connectivity index (χ1v) is 5.34. The molecule has 1 aliphatic rings. The molecular formula is C12H18ClNO2. The van der Waals surface area contributed by atoms with Crippen LogP contribution in [0.4, 0.5) is 0 Å². The molecular weight excluding hydrogens is 226 g/mol. The Labute approximate surface area is 102 Å². The molecule has 1 saturated heterocycles. The number of phenols is 1. The number of halogens is 1. The third-order valence-corrected chi connectivity index (χ3v) is 2.73. The third-order valence-electron chi connectivity index (χ3n) is 2.73. The van der Waals surface area contributed by atoms with Crippen LogP contribution in [-0.2, 0) is 11.3 Å². The Morgan fingerprint density at radius 3 is 2.69 bits per heavy atom. The van der Waals surface area contributed by atoms with Gasteiger partial charge in [-0.1, -0.05) is 17.7 Å². The molecule has 1 aromatic rings. The molecule has 0 amide bonds. The van der Waals surface area contributed by atoms with Gasteiger partial charge in [-0.2, -0.15) is 0 Å². The van der Waals surface area contributed by atoms with E-state index in [1.54, 1.807) is 6.07 Å². The van der Waals surface area contributed by atoms with Crippen molar-refractivity contribution in [2.75, 3.05) is 26.3 Å². The lowest BCUT2D eigenvalue weighted by Gasteiger charge is -2.26. The van der Waals surface area contributed by atoms with Gasteiger partial charge in [0.25, 0.3) is 0 Å². The van der Waals surface area contributed by atoms with Crippen LogP contribution in [0, 0.1) is 6.92 Å². The lowest BCUT2D eigenvalue weighted by Crippen LogP contribution is -2.35. The Hall–Kier alpha value is -0.770. The van der Waals surface area contributed by atoms with E-state index in [0.29, 0.717) is 5.75 Å². The number of hydrogen-bond donors (Lipinski definition) is 1. The summed E-state index contributed by atoms with van der Waals surface area (Å²) in [5.74, 6) is 0.395. The van der Waals surface area contributed by atoms with Gasteiger partial charge >= 0.3 is 0 Å². The van der Waals surface area contributed by atoms with Gasteiger partial charge in [-0.3, -0.25) is 4.90 Å². The minimum Gasteiger partial charge on any atom is -0.508 e. The molecule has 3 nitrogen and oxygen atoms in total. The highest BCUT2D eigenvalue weighted by Gasteiger charge is 2.12. The van der Waals surface area contributed by atoms with Gasteiger partial charge < -0.3 is 9.84 Å². The van der Waals surface area contributed by atoms with Crippen LogP contribution in [-0.4, -0.2) is 36.3 Å². The fourth-order valence-corrected chi connectivity index (χ4v) is 1.84.